The van der Waals surface area contributed by atoms with Crippen LogP contribution in [0.15, 0.2) is 91.0 Å². The average Bonchev–Trinajstić information content (AvgIpc) is 3.39. The highest BCUT2D eigenvalue weighted by Gasteiger charge is 2.15. The van der Waals surface area contributed by atoms with Gasteiger partial charge < -0.3 is 21.7 Å². The summed E-state index contributed by atoms with van der Waals surface area (Å²) in [5.74, 6) is 0. The Kier molecular flexibility index (Phi) is 26.9. The van der Waals surface area contributed by atoms with Crippen LogP contribution in [0.2, 0.25) is 0 Å². The maximum atomic E-state index is 9.73. The normalized spacial score (nSPS) is 11.3. The first-order chi connectivity index (χ1) is 34.2. The predicted molar refractivity (Wildman–Crippen MR) is 299 cm³/mol. The van der Waals surface area contributed by atoms with Crippen LogP contribution < -0.4 is 21.7 Å². The second-order valence-electron chi connectivity index (χ2n) is 19.5. The zero-order chi connectivity index (χ0) is 48.6. The van der Waals surface area contributed by atoms with Crippen molar-refractivity contribution < 1.29 is 0 Å². The molecule has 0 saturated carbocycles. The highest BCUT2D eigenvalue weighted by Crippen LogP contribution is 2.36. The summed E-state index contributed by atoms with van der Waals surface area (Å²) in [5, 5.41) is 40.3. The van der Waals surface area contributed by atoms with Gasteiger partial charge in [0.2, 0.25) is 0 Å². The van der Waals surface area contributed by atoms with Crippen molar-refractivity contribution in [1.82, 2.24) is 16.0 Å². The number of fused-ring (bicyclic) bond motifs is 4. The molecule has 0 unspecified atom stereocenters. The first kappa shape index (κ1) is 55.1. The van der Waals surface area contributed by atoms with Crippen LogP contribution in [0, 0.1) is 22.7 Å². The molecule has 6 heteroatoms. The monoisotopic (exact) mass is 929 g/mol. The van der Waals surface area contributed by atoms with Crippen LogP contribution in [0.1, 0.15) is 183 Å². The lowest BCUT2D eigenvalue weighted by Crippen LogP contribution is -2.16. The number of aryl methyl sites for hydroxylation is 2. The fourth-order valence-corrected chi connectivity index (χ4v) is 10.2. The Morgan fingerprint density at radius 1 is 0.377 bits per heavy atom. The summed E-state index contributed by atoms with van der Waals surface area (Å²) in [4.78, 5) is 0. The zero-order valence-electron chi connectivity index (χ0n) is 43.1. The van der Waals surface area contributed by atoms with Crippen LogP contribution in [0.5, 0.6) is 0 Å². The molecule has 6 aromatic carbocycles. The number of benzene rings is 6. The molecule has 6 rings (SSSR count). The standard InChI is InChI=1S/C37H56N4.C26H32N2/c1-2-3-4-16-25-40-26-17-11-8-12-19-33-32-20-13-14-21-34(32)37(35-23-22-31(29-39)28-36(33)35)30-41-27-18-10-7-5-6-9-15-24-38;1-2-3-11-18-28-19-12-5-4-6-13-21-22-14-7-9-16-24(22)26(20-27)25-17-10-8-15-23(21)25/h13-14,20-23,28,40-41H,2-12,15-19,24-27,30,38H2,1H3;7-10,14-17,28H,2-6,11-13,18-19H2,1H3. The van der Waals surface area contributed by atoms with E-state index in [1.807, 2.05) is 18.2 Å². The van der Waals surface area contributed by atoms with Gasteiger partial charge in [-0.25, -0.2) is 0 Å². The van der Waals surface area contributed by atoms with Gasteiger partial charge in [0.15, 0.2) is 0 Å². The number of nitrogens with zero attached hydrogens (tertiary/aromatic N) is 2. The molecule has 0 aromatic heterocycles. The van der Waals surface area contributed by atoms with Gasteiger partial charge in [0, 0.05) is 17.3 Å². The van der Waals surface area contributed by atoms with Crippen LogP contribution in [0.3, 0.4) is 0 Å². The fraction of sp³-hybridized carbons (Fsp3) is 0.524. The fourth-order valence-electron chi connectivity index (χ4n) is 10.2. The van der Waals surface area contributed by atoms with Crippen molar-refractivity contribution in [3.05, 3.63) is 119 Å². The van der Waals surface area contributed by atoms with Crippen LogP contribution in [-0.2, 0) is 19.4 Å². The van der Waals surface area contributed by atoms with Gasteiger partial charge >= 0.3 is 0 Å². The highest BCUT2D eigenvalue weighted by atomic mass is 14.9. The van der Waals surface area contributed by atoms with Gasteiger partial charge in [0.25, 0.3) is 0 Å². The Hall–Kier alpha value is -4.82. The molecule has 0 saturated heterocycles. The summed E-state index contributed by atoms with van der Waals surface area (Å²) in [6.07, 6.45) is 30.3. The first-order valence-corrected chi connectivity index (χ1v) is 27.7. The zero-order valence-corrected chi connectivity index (χ0v) is 43.1. The molecule has 0 bridgehead atoms. The van der Waals surface area contributed by atoms with Crippen molar-refractivity contribution in [2.24, 2.45) is 5.73 Å². The minimum absolute atomic E-state index is 0.754. The summed E-state index contributed by atoms with van der Waals surface area (Å²) >= 11 is 0. The number of hydrogen-bond acceptors (Lipinski definition) is 6. The van der Waals surface area contributed by atoms with Gasteiger partial charge in [0.1, 0.15) is 6.07 Å². The lowest BCUT2D eigenvalue weighted by Gasteiger charge is -2.18. The van der Waals surface area contributed by atoms with Crippen molar-refractivity contribution >= 4 is 43.1 Å². The molecule has 0 aliphatic rings. The van der Waals surface area contributed by atoms with E-state index in [9.17, 15) is 10.5 Å². The molecule has 0 fully saturated rings. The van der Waals surface area contributed by atoms with Crippen LogP contribution >= 0.6 is 0 Å². The number of nitriles is 2. The van der Waals surface area contributed by atoms with Gasteiger partial charge in [0.05, 0.1) is 17.2 Å². The molecule has 370 valence electrons. The lowest BCUT2D eigenvalue weighted by molar-refractivity contribution is 0.559. The van der Waals surface area contributed by atoms with Crippen molar-refractivity contribution in [3.63, 3.8) is 0 Å². The van der Waals surface area contributed by atoms with E-state index in [1.165, 1.54) is 184 Å². The molecule has 0 heterocycles. The van der Waals surface area contributed by atoms with E-state index < -0.39 is 0 Å². The summed E-state index contributed by atoms with van der Waals surface area (Å²) in [6, 6.07) is 36.9. The van der Waals surface area contributed by atoms with Gasteiger partial charge in [-0.15, -0.1) is 0 Å². The third-order valence-corrected chi connectivity index (χ3v) is 14.1. The molecular weight excluding hydrogens is 841 g/mol. The van der Waals surface area contributed by atoms with Crippen molar-refractivity contribution in [1.29, 1.82) is 10.5 Å². The average molecular weight is 929 g/mol. The van der Waals surface area contributed by atoms with E-state index >= 15 is 0 Å². The molecular formula is C63H88N6. The van der Waals surface area contributed by atoms with Crippen LogP contribution in [0.25, 0.3) is 43.1 Å². The second kappa shape index (κ2) is 33.7. The predicted octanol–water partition coefficient (Wildman–Crippen LogP) is 15.7. The maximum Gasteiger partial charge on any atom is 0.100 e. The minimum atomic E-state index is 0.754. The largest absolute Gasteiger partial charge is 0.330 e. The smallest absolute Gasteiger partial charge is 0.100 e. The maximum absolute atomic E-state index is 9.73. The molecule has 6 nitrogen and oxygen atoms in total. The molecule has 69 heavy (non-hydrogen) atoms. The summed E-state index contributed by atoms with van der Waals surface area (Å²) < 4.78 is 0. The third kappa shape index (κ3) is 18.1. The molecule has 6 aromatic rings. The molecule has 0 atom stereocenters. The van der Waals surface area contributed by atoms with Gasteiger partial charge in [-0.1, -0.05) is 183 Å². The summed E-state index contributed by atoms with van der Waals surface area (Å²) in [7, 11) is 0. The van der Waals surface area contributed by atoms with Gasteiger partial charge in [-0.05, 0) is 165 Å². The third-order valence-electron chi connectivity index (χ3n) is 14.1. The Balaban J connectivity index is 0.000000276. The van der Waals surface area contributed by atoms with E-state index in [-0.39, 0.29) is 0 Å². The van der Waals surface area contributed by atoms with E-state index in [2.05, 4.69) is 115 Å². The molecule has 0 aliphatic carbocycles. The number of hydrogen-bond donors (Lipinski definition) is 4. The lowest BCUT2D eigenvalue weighted by atomic mass is 9.88. The molecule has 0 radical (unpaired) electrons. The van der Waals surface area contributed by atoms with Crippen molar-refractivity contribution in [2.75, 3.05) is 39.3 Å². The molecule has 0 amide bonds. The summed E-state index contributed by atoms with van der Waals surface area (Å²) in [6.45, 7) is 11.9. The quantitative estimate of drug-likeness (QED) is 0.0237. The topological polar surface area (TPSA) is 110 Å². The summed E-state index contributed by atoms with van der Waals surface area (Å²) in [5.41, 5.74) is 11.4. The molecule has 5 N–H and O–H groups in total. The molecule has 0 spiro atoms. The van der Waals surface area contributed by atoms with E-state index in [1.54, 1.807) is 0 Å². The SMILES string of the molecule is CCCCCCNCCCCCCc1c2ccccc2c(CNCCCCCCCCCN)c2ccc(C#N)cc12.CCCCCNCCCCCCc1c2ccccc2c(C#N)c2ccccc12. The Bertz CT molecular complexity index is 2400. The number of nitrogens with one attached hydrogen (secondary N) is 3. The van der Waals surface area contributed by atoms with Crippen LogP contribution in [0.4, 0.5) is 0 Å². The second-order valence-corrected chi connectivity index (χ2v) is 19.5. The number of unbranched alkanes of at least 4 members (excludes halogenated alkanes) is 17. The number of rotatable bonds is 34. The molecule has 0 aliphatic heterocycles. The number of nitrogens with two attached hydrogens (primary N) is 1. The Labute approximate surface area is 418 Å². The van der Waals surface area contributed by atoms with E-state index in [0.29, 0.717) is 0 Å². The van der Waals surface area contributed by atoms with E-state index in [4.69, 9.17) is 5.73 Å². The van der Waals surface area contributed by atoms with Gasteiger partial charge in [-0.2, -0.15) is 10.5 Å². The Morgan fingerprint density at radius 2 is 0.754 bits per heavy atom. The van der Waals surface area contributed by atoms with Crippen molar-refractivity contribution in [2.45, 2.75) is 174 Å². The Morgan fingerprint density at radius 3 is 1.25 bits per heavy atom. The first-order valence-electron chi connectivity index (χ1n) is 27.7. The van der Waals surface area contributed by atoms with E-state index in [0.717, 1.165) is 87.0 Å². The van der Waals surface area contributed by atoms with Crippen LogP contribution in [-0.4, -0.2) is 39.3 Å². The highest BCUT2D eigenvalue weighted by molar-refractivity contribution is 6.08. The minimum Gasteiger partial charge on any atom is -0.330 e. The van der Waals surface area contributed by atoms with Gasteiger partial charge in [-0.3, -0.25) is 0 Å². The van der Waals surface area contributed by atoms with Crippen molar-refractivity contribution in [3.8, 4) is 12.1 Å².